The number of carbonyl (C=O) groups is 1. The van der Waals surface area contributed by atoms with Crippen LogP contribution >= 0.6 is 0 Å². The van der Waals surface area contributed by atoms with Gasteiger partial charge in [0.1, 0.15) is 17.7 Å². The first kappa shape index (κ1) is 12.7. The highest BCUT2D eigenvalue weighted by molar-refractivity contribution is 5.74. The fourth-order valence-electron chi connectivity index (χ4n) is 2.42. The molecule has 0 saturated heterocycles. The van der Waals surface area contributed by atoms with E-state index in [-0.39, 0.29) is 12.0 Å². The van der Waals surface area contributed by atoms with Gasteiger partial charge in [0.25, 0.3) is 0 Å². The Labute approximate surface area is 112 Å². The maximum atomic E-state index is 13.9. The van der Waals surface area contributed by atoms with Crippen LogP contribution in [0.5, 0.6) is 0 Å². The molecule has 0 amide bonds. The largest absolute Gasteiger partial charge is 0.480 e. The topological polar surface area (TPSA) is 78.0 Å². The molecule has 2 aromatic rings. The number of carboxylic acid groups (broad SMARTS) is 1. The number of aliphatic carboxylic acids is 1. The van der Waals surface area contributed by atoms with Crippen LogP contribution in [0.15, 0.2) is 24.5 Å². The highest BCUT2D eigenvalue weighted by Gasteiger charge is 2.34. The van der Waals surface area contributed by atoms with Gasteiger partial charge in [0.05, 0.1) is 18.1 Å². The summed E-state index contributed by atoms with van der Waals surface area (Å²) in [6.45, 7) is 0. The number of carboxylic acids is 1. The zero-order valence-electron chi connectivity index (χ0n) is 10.2. The Kier molecular flexibility index (Phi) is 2.98. The molecule has 3 N–H and O–H groups in total. The van der Waals surface area contributed by atoms with E-state index in [2.05, 4.69) is 15.3 Å². The third-order valence-electron chi connectivity index (χ3n) is 3.37. The number of fused-ring (bicyclic) bond motifs is 1. The molecule has 1 aromatic heterocycles. The van der Waals surface area contributed by atoms with Crippen molar-refractivity contribution in [1.29, 1.82) is 0 Å². The van der Waals surface area contributed by atoms with Gasteiger partial charge in [-0.15, -0.1) is 0 Å². The molecule has 2 unspecified atom stereocenters. The van der Waals surface area contributed by atoms with Crippen molar-refractivity contribution >= 4 is 5.97 Å². The Morgan fingerprint density at radius 1 is 1.40 bits per heavy atom. The summed E-state index contributed by atoms with van der Waals surface area (Å²) >= 11 is 0. The number of aromatic amines is 1. The van der Waals surface area contributed by atoms with E-state index in [0.29, 0.717) is 11.4 Å². The summed E-state index contributed by atoms with van der Waals surface area (Å²) in [6, 6.07) is 1.64. The van der Waals surface area contributed by atoms with E-state index in [1.807, 2.05) is 0 Å². The fourth-order valence-corrected chi connectivity index (χ4v) is 2.42. The number of aromatic nitrogens is 2. The summed E-state index contributed by atoms with van der Waals surface area (Å²) in [5.74, 6) is -2.45. The molecule has 5 nitrogen and oxygen atoms in total. The van der Waals surface area contributed by atoms with Gasteiger partial charge in [0, 0.05) is 23.7 Å². The minimum absolute atomic E-state index is 0.172. The van der Waals surface area contributed by atoms with Gasteiger partial charge < -0.3 is 10.1 Å². The van der Waals surface area contributed by atoms with Crippen LogP contribution in [0, 0.1) is 11.6 Å². The molecule has 2 atom stereocenters. The maximum Gasteiger partial charge on any atom is 0.321 e. The molecular formula is C13H11F2N3O2. The lowest BCUT2D eigenvalue weighted by atomic mass is 9.93. The van der Waals surface area contributed by atoms with Gasteiger partial charge in [-0.1, -0.05) is 6.07 Å². The van der Waals surface area contributed by atoms with Gasteiger partial charge in [-0.2, -0.15) is 0 Å². The Balaban J connectivity index is 2.06. The van der Waals surface area contributed by atoms with Crippen molar-refractivity contribution in [3.63, 3.8) is 0 Å². The first-order valence-corrected chi connectivity index (χ1v) is 6.02. The molecule has 0 saturated carbocycles. The van der Waals surface area contributed by atoms with E-state index in [0.717, 1.165) is 12.1 Å². The highest BCUT2D eigenvalue weighted by atomic mass is 19.1. The van der Waals surface area contributed by atoms with Crippen molar-refractivity contribution < 1.29 is 18.7 Å². The van der Waals surface area contributed by atoms with Crippen LogP contribution < -0.4 is 5.32 Å². The molecule has 0 fully saturated rings. The van der Waals surface area contributed by atoms with Crippen molar-refractivity contribution in [2.45, 2.75) is 18.5 Å². The number of nitrogens with zero attached hydrogens (tertiary/aromatic N) is 1. The minimum atomic E-state index is -1.03. The lowest BCUT2D eigenvalue weighted by Gasteiger charge is -2.28. The number of imidazole rings is 1. The van der Waals surface area contributed by atoms with E-state index in [9.17, 15) is 13.6 Å². The Hall–Kier alpha value is -2.28. The summed E-state index contributed by atoms with van der Waals surface area (Å²) in [5.41, 5.74) is 1.35. The van der Waals surface area contributed by atoms with E-state index in [4.69, 9.17) is 5.11 Å². The van der Waals surface area contributed by atoms with Gasteiger partial charge in [-0.25, -0.2) is 13.8 Å². The number of nitrogens with one attached hydrogen (secondary N) is 2. The summed E-state index contributed by atoms with van der Waals surface area (Å²) in [6.07, 6.45) is 1.68. The van der Waals surface area contributed by atoms with E-state index >= 15 is 0 Å². The summed E-state index contributed by atoms with van der Waals surface area (Å²) in [4.78, 5) is 18.1. The molecule has 7 heteroatoms. The van der Waals surface area contributed by atoms with Gasteiger partial charge in [-0.05, 0) is 6.07 Å². The monoisotopic (exact) mass is 279 g/mol. The fraction of sp³-hybridized carbons (Fsp3) is 0.231. The number of benzene rings is 1. The molecule has 0 spiro atoms. The maximum absolute atomic E-state index is 13.9. The average molecular weight is 279 g/mol. The lowest BCUT2D eigenvalue weighted by Crippen LogP contribution is -2.45. The van der Waals surface area contributed by atoms with Crippen LogP contribution in [0.25, 0.3) is 0 Å². The van der Waals surface area contributed by atoms with Gasteiger partial charge in [0.2, 0.25) is 0 Å². The number of hydrogen-bond acceptors (Lipinski definition) is 3. The van der Waals surface area contributed by atoms with Crippen LogP contribution in [0.3, 0.4) is 0 Å². The van der Waals surface area contributed by atoms with Crippen molar-refractivity contribution in [2.24, 2.45) is 0 Å². The summed E-state index contributed by atoms with van der Waals surface area (Å²) in [5, 5.41) is 12.0. The Bertz CT molecular complexity index is 671. The lowest BCUT2D eigenvalue weighted by molar-refractivity contribution is -0.139. The third-order valence-corrected chi connectivity index (χ3v) is 3.37. The quantitative estimate of drug-likeness (QED) is 0.776. The molecule has 1 aliphatic heterocycles. The SMILES string of the molecule is O=C(O)C1Cc2[nH]cnc2C(c2ccc(F)cc2F)N1. The summed E-state index contributed by atoms with van der Waals surface area (Å²) in [7, 11) is 0. The van der Waals surface area contributed by atoms with Crippen molar-refractivity contribution in [1.82, 2.24) is 15.3 Å². The van der Waals surface area contributed by atoms with E-state index < -0.39 is 29.7 Å². The third kappa shape index (κ3) is 2.05. The second-order valence-electron chi connectivity index (χ2n) is 4.63. The predicted molar refractivity (Wildman–Crippen MR) is 65.1 cm³/mol. The van der Waals surface area contributed by atoms with Gasteiger partial charge >= 0.3 is 5.97 Å². The zero-order chi connectivity index (χ0) is 14.3. The molecule has 1 aromatic carbocycles. The molecule has 0 aliphatic carbocycles. The number of rotatable bonds is 2. The van der Waals surface area contributed by atoms with Crippen LogP contribution in [-0.2, 0) is 11.2 Å². The van der Waals surface area contributed by atoms with Gasteiger partial charge in [-0.3, -0.25) is 10.1 Å². The van der Waals surface area contributed by atoms with Crippen LogP contribution in [0.4, 0.5) is 8.78 Å². The zero-order valence-corrected chi connectivity index (χ0v) is 10.2. The molecule has 104 valence electrons. The van der Waals surface area contributed by atoms with E-state index in [1.54, 1.807) is 0 Å². The molecule has 3 rings (SSSR count). The molecule has 20 heavy (non-hydrogen) atoms. The molecular weight excluding hydrogens is 268 g/mol. The number of hydrogen-bond donors (Lipinski definition) is 3. The van der Waals surface area contributed by atoms with Gasteiger partial charge in [0.15, 0.2) is 0 Å². The Morgan fingerprint density at radius 3 is 2.90 bits per heavy atom. The number of halogens is 2. The second-order valence-corrected chi connectivity index (χ2v) is 4.63. The first-order valence-electron chi connectivity index (χ1n) is 6.02. The molecule has 1 aliphatic rings. The average Bonchev–Trinajstić information content (AvgIpc) is 2.86. The van der Waals surface area contributed by atoms with Crippen LogP contribution in [0.2, 0.25) is 0 Å². The highest BCUT2D eigenvalue weighted by Crippen LogP contribution is 2.30. The predicted octanol–water partition coefficient (Wildman–Crippen LogP) is 1.38. The van der Waals surface area contributed by atoms with Crippen molar-refractivity contribution in [3.8, 4) is 0 Å². The second kappa shape index (κ2) is 4.68. The van der Waals surface area contributed by atoms with Crippen LogP contribution in [0.1, 0.15) is 23.0 Å². The summed E-state index contributed by atoms with van der Waals surface area (Å²) < 4.78 is 26.9. The molecule has 0 bridgehead atoms. The smallest absolute Gasteiger partial charge is 0.321 e. The Morgan fingerprint density at radius 2 is 2.20 bits per heavy atom. The molecule has 2 heterocycles. The van der Waals surface area contributed by atoms with E-state index in [1.165, 1.54) is 12.4 Å². The normalized spacial score (nSPS) is 21.5. The van der Waals surface area contributed by atoms with Crippen LogP contribution in [-0.4, -0.2) is 27.1 Å². The minimum Gasteiger partial charge on any atom is -0.480 e. The van der Waals surface area contributed by atoms with Crippen molar-refractivity contribution in [2.75, 3.05) is 0 Å². The molecule has 0 radical (unpaired) electrons. The number of H-pyrrole nitrogens is 1. The first-order chi connectivity index (χ1) is 9.56. The standard InChI is InChI=1S/C13H11F2N3O2/c14-6-1-2-7(8(15)3-6)11-12-9(16-5-17-12)4-10(18-11)13(19)20/h1-3,5,10-11,18H,4H2,(H,16,17)(H,19,20). The van der Waals surface area contributed by atoms with Crippen molar-refractivity contribution in [3.05, 3.63) is 53.1 Å².